The molecule has 19 heavy (non-hydrogen) atoms. The van der Waals surface area contributed by atoms with Crippen molar-refractivity contribution in [1.82, 2.24) is 4.98 Å². The van der Waals surface area contributed by atoms with Gasteiger partial charge in [-0.05, 0) is 47.5 Å². The molecule has 1 heterocycles. The molecule has 0 fully saturated rings. The average molecular weight is 333 g/mol. The van der Waals surface area contributed by atoms with E-state index in [0.29, 0.717) is 22.3 Å². The van der Waals surface area contributed by atoms with Crippen molar-refractivity contribution in [3.63, 3.8) is 0 Å². The van der Waals surface area contributed by atoms with E-state index < -0.39 is 12.2 Å². The van der Waals surface area contributed by atoms with Gasteiger partial charge >= 0.3 is 0 Å². The van der Waals surface area contributed by atoms with Crippen LogP contribution in [0, 0.1) is 12.7 Å². The highest BCUT2D eigenvalue weighted by atomic mass is 79.9. The van der Waals surface area contributed by atoms with Gasteiger partial charge in [0, 0.05) is 12.2 Å². The van der Waals surface area contributed by atoms with E-state index in [1.165, 1.54) is 12.1 Å². The Morgan fingerprint density at radius 1 is 1.37 bits per heavy atom. The van der Waals surface area contributed by atoms with E-state index in [9.17, 15) is 13.2 Å². The molecule has 0 unspecified atom stereocenters. The third kappa shape index (κ3) is 2.54. The van der Waals surface area contributed by atoms with Crippen LogP contribution in [0.2, 0.25) is 0 Å². The van der Waals surface area contributed by atoms with Gasteiger partial charge in [0.05, 0.1) is 15.4 Å². The molecule has 0 aliphatic carbocycles. The fourth-order valence-corrected chi connectivity index (χ4v) is 2.50. The molecule has 0 saturated carbocycles. The number of hydrogen-bond acceptors (Lipinski definition) is 2. The molecule has 0 aliphatic heterocycles. The van der Waals surface area contributed by atoms with Crippen molar-refractivity contribution in [3.05, 3.63) is 33.7 Å². The van der Waals surface area contributed by atoms with Gasteiger partial charge in [0.15, 0.2) is 0 Å². The normalized spacial score (nSPS) is 11.3. The molecule has 0 radical (unpaired) electrons. The Morgan fingerprint density at radius 3 is 2.63 bits per heavy atom. The van der Waals surface area contributed by atoms with Crippen molar-refractivity contribution in [3.8, 4) is 0 Å². The van der Waals surface area contributed by atoms with Gasteiger partial charge in [0.2, 0.25) is 0 Å². The Labute approximate surface area is 117 Å². The third-order valence-corrected chi connectivity index (χ3v) is 3.35. The van der Waals surface area contributed by atoms with Gasteiger partial charge in [-0.15, -0.1) is 0 Å². The number of halogens is 4. The van der Waals surface area contributed by atoms with Gasteiger partial charge in [-0.25, -0.2) is 18.2 Å². The Bertz CT molecular complexity index is 629. The maximum Gasteiger partial charge on any atom is 0.280 e. The molecule has 2 rings (SSSR count). The molecule has 1 aromatic carbocycles. The summed E-state index contributed by atoms with van der Waals surface area (Å²) in [7, 11) is 0. The molecule has 0 atom stereocenters. The average Bonchev–Trinajstić information content (AvgIpc) is 2.35. The number of aromatic nitrogens is 1. The van der Waals surface area contributed by atoms with Crippen LogP contribution >= 0.6 is 15.9 Å². The maximum absolute atomic E-state index is 14.2. The zero-order valence-corrected chi connectivity index (χ0v) is 12.0. The van der Waals surface area contributed by atoms with E-state index in [0.717, 1.165) is 0 Å². The van der Waals surface area contributed by atoms with Gasteiger partial charge in [-0.2, -0.15) is 0 Å². The minimum atomic E-state index is -2.69. The smallest absolute Gasteiger partial charge is 0.280 e. The van der Waals surface area contributed by atoms with Crippen molar-refractivity contribution in [2.75, 3.05) is 11.9 Å². The number of benzene rings is 1. The van der Waals surface area contributed by atoms with Gasteiger partial charge in [-0.1, -0.05) is 0 Å². The summed E-state index contributed by atoms with van der Waals surface area (Å²) < 4.78 is 40.1. The summed E-state index contributed by atoms with van der Waals surface area (Å²) in [5, 5.41) is 3.14. The molecule has 2 aromatic rings. The van der Waals surface area contributed by atoms with Crippen LogP contribution in [0.15, 0.2) is 16.6 Å². The molecule has 1 N–H and O–H groups in total. The highest BCUT2D eigenvalue weighted by molar-refractivity contribution is 9.10. The van der Waals surface area contributed by atoms with Crippen LogP contribution in [-0.4, -0.2) is 11.5 Å². The molecule has 1 aromatic heterocycles. The molecule has 0 saturated heterocycles. The van der Waals surface area contributed by atoms with Gasteiger partial charge in [0.1, 0.15) is 11.5 Å². The van der Waals surface area contributed by atoms with E-state index >= 15 is 0 Å². The summed E-state index contributed by atoms with van der Waals surface area (Å²) in [5.41, 5.74) is 0.886. The molecule has 0 spiro atoms. The summed E-state index contributed by atoms with van der Waals surface area (Å²) in [6, 6.07) is 2.74. The first kappa shape index (κ1) is 14.1. The number of anilines is 1. The highest BCUT2D eigenvalue weighted by Gasteiger charge is 2.18. The lowest BCUT2D eigenvalue weighted by molar-refractivity contribution is 0.146. The van der Waals surface area contributed by atoms with E-state index in [-0.39, 0.29) is 16.6 Å². The van der Waals surface area contributed by atoms with Crippen LogP contribution in [0.1, 0.15) is 24.6 Å². The molecule has 102 valence electrons. The van der Waals surface area contributed by atoms with E-state index in [1.54, 1.807) is 6.92 Å². The minimum absolute atomic E-state index is 0.234. The number of hydrogen-bond donors (Lipinski definition) is 1. The lowest BCUT2D eigenvalue weighted by Gasteiger charge is -2.13. The Morgan fingerprint density at radius 2 is 2.05 bits per heavy atom. The van der Waals surface area contributed by atoms with Gasteiger partial charge in [-0.3, -0.25) is 0 Å². The fraction of sp³-hybridized carbons (Fsp3) is 0.308. The first-order valence-electron chi connectivity index (χ1n) is 5.77. The lowest BCUT2D eigenvalue weighted by Crippen LogP contribution is -2.03. The van der Waals surface area contributed by atoms with Crippen LogP contribution < -0.4 is 5.32 Å². The topological polar surface area (TPSA) is 24.9 Å². The summed E-state index contributed by atoms with van der Waals surface area (Å²) in [6.45, 7) is 4.04. The number of nitrogens with one attached hydrogen (secondary N) is 1. The van der Waals surface area contributed by atoms with Crippen LogP contribution in [0.25, 0.3) is 10.9 Å². The predicted molar refractivity (Wildman–Crippen MR) is 73.3 cm³/mol. The van der Waals surface area contributed by atoms with E-state index in [2.05, 4.69) is 26.2 Å². The molecule has 6 heteroatoms. The van der Waals surface area contributed by atoms with Crippen molar-refractivity contribution >= 4 is 32.5 Å². The summed E-state index contributed by atoms with van der Waals surface area (Å²) in [4.78, 5) is 3.87. The first-order valence-corrected chi connectivity index (χ1v) is 6.56. The number of rotatable bonds is 3. The molecular weight excluding hydrogens is 321 g/mol. The van der Waals surface area contributed by atoms with Crippen molar-refractivity contribution in [2.45, 2.75) is 20.3 Å². The molecule has 0 bridgehead atoms. The first-order chi connectivity index (χ1) is 8.95. The zero-order chi connectivity index (χ0) is 14.2. The van der Waals surface area contributed by atoms with E-state index in [4.69, 9.17) is 0 Å². The summed E-state index contributed by atoms with van der Waals surface area (Å²) in [6.07, 6.45) is -2.69. The number of pyridine rings is 1. The lowest BCUT2D eigenvalue weighted by atomic mass is 10.1. The minimum Gasteiger partial charge on any atom is -0.385 e. The van der Waals surface area contributed by atoms with Gasteiger partial charge < -0.3 is 5.32 Å². The van der Waals surface area contributed by atoms with Crippen LogP contribution in [0.5, 0.6) is 0 Å². The molecule has 0 amide bonds. The van der Waals surface area contributed by atoms with Crippen molar-refractivity contribution in [1.29, 1.82) is 0 Å². The van der Waals surface area contributed by atoms with Gasteiger partial charge in [0.25, 0.3) is 6.43 Å². The Hall–Kier alpha value is -1.30. The number of nitrogens with zero attached hydrogens (tertiary/aromatic N) is 1. The van der Waals surface area contributed by atoms with E-state index in [1.807, 2.05) is 6.92 Å². The second kappa shape index (κ2) is 5.36. The number of aryl methyl sites for hydroxylation is 1. The predicted octanol–water partition coefficient (Wildman–Crippen LogP) is 4.81. The fourth-order valence-electron chi connectivity index (χ4n) is 1.96. The monoisotopic (exact) mass is 332 g/mol. The van der Waals surface area contributed by atoms with Crippen molar-refractivity contribution in [2.24, 2.45) is 0 Å². The molecule has 0 aliphatic rings. The number of fused-ring (bicyclic) bond motifs is 1. The number of alkyl halides is 2. The van der Waals surface area contributed by atoms with Crippen LogP contribution in [-0.2, 0) is 0 Å². The second-order valence-electron chi connectivity index (χ2n) is 4.14. The third-order valence-electron chi connectivity index (χ3n) is 2.78. The second-order valence-corrected chi connectivity index (χ2v) is 4.99. The summed E-state index contributed by atoms with van der Waals surface area (Å²) in [5.74, 6) is -0.495. The SMILES string of the molecule is CCNc1cc(C(F)F)nc2c(C)cc(Br)c(F)c12. The van der Waals surface area contributed by atoms with Crippen molar-refractivity contribution < 1.29 is 13.2 Å². The largest absolute Gasteiger partial charge is 0.385 e. The quantitative estimate of drug-likeness (QED) is 0.872. The summed E-state index contributed by atoms with van der Waals surface area (Å²) >= 11 is 3.12. The van der Waals surface area contributed by atoms with Crippen LogP contribution in [0.4, 0.5) is 18.9 Å². The van der Waals surface area contributed by atoms with Crippen LogP contribution in [0.3, 0.4) is 0 Å². The Balaban J connectivity index is 2.86. The molecule has 2 nitrogen and oxygen atoms in total. The molecular formula is C13H12BrF3N2. The highest BCUT2D eigenvalue weighted by Crippen LogP contribution is 2.34. The Kier molecular flexibility index (Phi) is 3.99. The standard InChI is InChI=1S/C13H12BrF3N2/c1-3-18-8-5-9(13(16)17)19-12-6(2)4-7(14)11(15)10(8)12/h4-5,13H,3H2,1-2H3,(H,18,19). The zero-order valence-electron chi connectivity index (χ0n) is 10.4. The maximum atomic E-state index is 14.2.